The summed E-state index contributed by atoms with van der Waals surface area (Å²) in [7, 11) is -2.75. The van der Waals surface area contributed by atoms with E-state index in [1.54, 1.807) is 36.6 Å². The Kier molecular flexibility index (Phi) is 6.47. The van der Waals surface area contributed by atoms with Gasteiger partial charge >= 0.3 is 5.97 Å². The Balaban J connectivity index is 1.83. The minimum atomic E-state index is -4.05. The first-order valence-electron chi connectivity index (χ1n) is 9.39. The number of halogens is 1. The summed E-state index contributed by atoms with van der Waals surface area (Å²) in [6.07, 6.45) is 0. The van der Waals surface area contributed by atoms with Crippen molar-refractivity contribution in [3.05, 3.63) is 76.9 Å². The van der Waals surface area contributed by atoms with Gasteiger partial charge in [-0.2, -0.15) is 0 Å². The molecule has 0 saturated heterocycles. The van der Waals surface area contributed by atoms with E-state index in [2.05, 4.69) is 0 Å². The molecular weight excluding hydrogens is 439 g/mol. The molecule has 2 aromatic carbocycles. The lowest BCUT2D eigenvalue weighted by Gasteiger charge is -2.11. The van der Waals surface area contributed by atoms with Crippen LogP contribution in [0.25, 0.3) is 5.69 Å². The summed E-state index contributed by atoms with van der Waals surface area (Å²) in [5, 5.41) is 5.11. The Labute approximate surface area is 184 Å². The number of ketones is 1. The molecule has 0 radical (unpaired) electrons. The molecule has 2 N–H and O–H groups in total. The lowest BCUT2D eigenvalue weighted by atomic mass is 10.1. The molecule has 3 rings (SSSR count). The monoisotopic (exact) mass is 460 g/mol. The summed E-state index contributed by atoms with van der Waals surface area (Å²) in [4.78, 5) is 25.0. The van der Waals surface area contributed by atoms with Crippen LogP contribution in [0.1, 0.15) is 32.1 Å². The average Bonchev–Trinajstić information content (AvgIpc) is 3.04. The van der Waals surface area contributed by atoms with Crippen molar-refractivity contribution in [3.63, 3.8) is 0 Å². The molecule has 32 heavy (non-hydrogen) atoms. The van der Waals surface area contributed by atoms with E-state index in [0.29, 0.717) is 22.6 Å². The predicted molar refractivity (Wildman–Crippen MR) is 114 cm³/mol. The maximum Gasteiger partial charge on any atom is 0.342 e. The molecule has 0 unspecified atom stereocenters. The molecule has 0 bridgehead atoms. The number of aryl methyl sites for hydroxylation is 1. The fourth-order valence-corrected chi connectivity index (χ4v) is 3.91. The molecule has 0 saturated carbocycles. The number of primary sulfonamides is 1. The molecule has 10 heteroatoms. The highest BCUT2D eigenvalue weighted by atomic mass is 32.2. The van der Waals surface area contributed by atoms with Crippen molar-refractivity contribution in [2.45, 2.75) is 18.7 Å². The van der Waals surface area contributed by atoms with Crippen molar-refractivity contribution in [1.82, 2.24) is 4.57 Å². The molecule has 0 atom stereocenters. The van der Waals surface area contributed by atoms with E-state index in [4.69, 9.17) is 14.6 Å². The Morgan fingerprint density at radius 1 is 1.06 bits per heavy atom. The standard InChI is InChI=1S/C22H21FN2O6S/c1-13-9-18(14(2)25(13)16-6-4-5-15(23)10-16)20(26)12-31-22(27)19-11-17(32(24,28)29)7-8-21(19)30-3/h4-11H,12H2,1-3H3,(H2,24,28,29). The summed E-state index contributed by atoms with van der Waals surface area (Å²) in [5.74, 6) is -1.76. The molecular formula is C22H21FN2O6S. The summed E-state index contributed by atoms with van der Waals surface area (Å²) < 4.78 is 48.7. The first-order chi connectivity index (χ1) is 15.0. The Morgan fingerprint density at radius 3 is 2.41 bits per heavy atom. The highest BCUT2D eigenvalue weighted by molar-refractivity contribution is 7.89. The molecule has 0 aliphatic rings. The van der Waals surface area contributed by atoms with Gasteiger partial charge in [-0.15, -0.1) is 0 Å². The van der Waals surface area contributed by atoms with Crippen molar-refractivity contribution in [3.8, 4) is 11.4 Å². The lowest BCUT2D eigenvalue weighted by molar-refractivity contribution is 0.0471. The largest absolute Gasteiger partial charge is 0.496 e. The number of Topliss-reactive ketones (excluding diaryl/α,β-unsaturated/α-hetero) is 1. The van der Waals surface area contributed by atoms with Gasteiger partial charge in [-0.05, 0) is 56.3 Å². The van der Waals surface area contributed by atoms with E-state index in [1.807, 2.05) is 0 Å². The van der Waals surface area contributed by atoms with E-state index in [-0.39, 0.29) is 16.2 Å². The van der Waals surface area contributed by atoms with Crippen molar-refractivity contribution >= 4 is 21.8 Å². The van der Waals surface area contributed by atoms with Crippen LogP contribution in [0.4, 0.5) is 4.39 Å². The molecule has 0 amide bonds. The zero-order valence-electron chi connectivity index (χ0n) is 17.6. The van der Waals surface area contributed by atoms with Crippen LogP contribution in [-0.2, 0) is 14.8 Å². The van der Waals surface area contributed by atoms with E-state index < -0.39 is 34.2 Å². The van der Waals surface area contributed by atoms with Crippen molar-refractivity contribution in [1.29, 1.82) is 0 Å². The fourth-order valence-electron chi connectivity index (χ4n) is 3.37. The van der Waals surface area contributed by atoms with Crippen LogP contribution in [0.15, 0.2) is 53.4 Å². The Bertz CT molecular complexity index is 1310. The van der Waals surface area contributed by atoms with Crippen molar-refractivity contribution in [2.75, 3.05) is 13.7 Å². The first-order valence-corrected chi connectivity index (χ1v) is 10.9. The predicted octanol–water partition coefficient (Wildman–Crippen LogP) is 2.93. The number of methoxy groups -OCH3 is 1. The number of sulfonamides is 1. The maximum absolute atomic E-state index is 13.6. The number of benzene rings is 2. The Hall–Kier alpha value is -3.50. The summed E-state index contributed by atoms with van der Waals surface area (Å²) in [5.41, 5.74) is 1.94. The number of esters is 1. The molecule has 0 fully saturated rings. The molecule has 3 aromatic rings. The van der Waals surface area contributed by atoms with Gasteiger partial charge in [-0.3, -0.25) is 4.79 Å². The van der Waals surface area contributed by atoms with Crippen LogP contribution < -0.4 is 9.88 Å². The number of aromatic nitrogens is 1. The minimum Gasteiger partial charge on any atom is -0.496 e. The third-order valence-electron chi connectivity index (χ3n) is 4.85. The second-order valence-electron chi connectivity index (χ2n) is 7.01. The highest BCUT2D eigenvalue weighted by Crippen LogP contribution is 2.24. The second-order valence-corrected chi connectivity index (χ2v) is 8.57. The van der Waals surface area contributed by atoms with Crippen LogP contribution in [0.3, 0.4) is 0 Å². The molecule has 8 nitrogen and oxygen atoms in total. The molecule has 1 aromatic heterocycles. The van der Waals surface area contributed by atoms with Gasteiger partial charge in [0.2, 0.25) is 15.8 Å². The van der Waals surface area contributed by atoms with E-state index in [9.17, 15) is 22.4 Å². The number of rotatable bonds is 7. The molecule has 1 heterocycles. The molecule has 0 aliphatic heterocycles. The number of carbonyl (C=O) groups excluding carboxylic acids is 2. The number of ether oxygens (including phenoxy) is 2. The van der Waals surface area contributed by atoms with Crippen LogP contribution in [0.2, 0.25) is 0 Å². The Morgan fingerprint density at radius 2 is 1.78 bits per heavy atom. The fraction of sp³-hybridized carbons (Fsp3) is 0.182. The van der Waals surface area contributed by atoms with E-state index in [1.165, 1.54) is 31.4 Å². The highest BCUT2D eigenvalue weighted by Gasteiger charge is 2.22. The number of carbonyl (C=O) groups is 2. The maximum atomic E-state index is 13.6. The van der Waals surface area contributed by atoms with Gasteiger partial charge in [-0.1, -0.05) is 6.07 Å². The molecule has 0 aliphatic carbocycles. The number of hydrogen-bond donors (Lipinski definition) is 1. The van der Waals surface area contributed by atoms with Gasteiger partial charge in [0.25, 0.3) is 0 Å². The van der Waals surface area contributed by atoms with Crippen molar-refractivity contribution < 1.29 is 31.9 Å². The zero-order valence-corrected chi connectivity index (χ0v) is 18.4. The van der Waals surface area contributed by atoms with Gasteiger partial charge in [0.15, 0.2) is 6.61 Å². The van der Waals surface area contributed by atoms with Crippen molar-refractivity contribution in [2.24, 2.45) is 5.14 Å². The summed E-state index contributed by atoms with van der Waals surface area (Å²) in [6.45, 7) is 2.88. The van der Waals surface area contributed by atoms with Gasteiger partial charge in [-0.25, -0.2) is 22.7 Å². The minimum absolute atomic E-state index is 0.0686. The van der Waals surface area contributed by atoms with Crippen LogP contribution in [0, 0.1) is 19.7 Å². The smallest absolute Gasteiger partial charge is 0.342 e. The van der Waals surface area contributed by atoms with E-state index in [0.717, 1.165) is 6.07 Å². The second kappa shape index (κ2) is 8.93. The van der Waals surface area contributed by atoms with Crippen LogP contribution in [-0.4, -0.2) is 38.5 Å². The van der Waals surface area contributed by atoms with Gasteiger partial charge in [0, 0.05) is 22.6 Å². The van der Waals surface area contributed by atoms with Gasteiger partial charge in [0.05, 0.1) is 12.0 Å². The van der Waals surface area contributed by atoms with Gasteiger partial charge in [0.1, 0.15) is 17.1 Å². The van der Waals surface area contributed by atoms with Gasteiger partial charge < -0.3 is 14.0 Å². The number of nitrogens with zero attached hydrogens (tertiary/aromatic N) is 1. The third kappa shape index (κ3) is 4.71. The summed E-state index contributed by atoms with van der Waals surface area (Å²) >= 11 is 0. The van der Waals surface area contributed by atoms with E-state index >= 15 is 0 Å². The molecule has 0 spiro atoms. The lowest BCUT2D eigenvalue weighted by Crippen LogP contribution is -2.17. The first kappa shape index (κ1) is 23.2. The zero-order chi connectivity index (χ0) is 23.6. The normalized spacial score (nSPS) is 11.3. The summed E-state index contributed by atoms with van der Waals surface area (Å²) in [6, 6.07) is 11.1. The van der Waals surface area contributed by atoms with Crippen LogP contribution in [0.5, 0.6) is 5.75 Å². The van der Waals surface area contributed by atoms with Crippen LogP contribution >= 0.6 is 0 Å². The average molecular weight is 460 g/mol. The molecule has 168 valence electrons. The quantitative estimate of drug-likeness (QED) is 0.428. The number of hydrogen-bond acceptors (Lipinski definition) is 6. The third-order valence-corrected chi connectivity index (χ3v) is 5.76. The number of nitrogens with two attached hydrogens (primary N) is 1. The SMILES string of the molecule is COc1ccc(S(N)(=O)=O)cc1C(=O)OCC(=O)c1cc(C)n(-c2cccc(F)c2)c1C. The topological polar surface area (TPSA) is 118 Å².